The highest BCUT2D eigenvalue weighted by Crippen LogP contribution is 2.31. The minimum Gasteiger partial charge on any atom is -0.496 e. The number of hydrogen-bond donors (Lipinski definition) is 1. The Morgan fingerprint density at radius 3 is 2.72 bits per heavy atom. The Hall–Kier alpha value is -2.29. The van der Waals surface area contributed by atoms with Gasteiger partial charge in [0, 0.05) is 16.5 Å². The van der Waals surface area contributed by atoms with Crippen molar-refractivity contribution < 1.29 is 9.13 Å². The van der Waals surface area contributed by atoms with Crippen LogP contribution in [0.4, 0.5) is 4.39 Å². The lowest BCUT2D eigenvalue weighted by atomic mass is 10.1. The molecule has 0 spiro atoms. The highest BCUT2D eigenvalue weighted by atomic mass is 19.1. The Morgan fingerprint density at radius 1 is 1.06 bits per heavy atom. The molecule has 0 aliphatic rings. The minimum absolute atomic E-state index is 0.240. The van der Waals surface area contributed by atoms with E-state index in [1.807, 2.05) is 30.3 Å². The first-order valence-electron chi connectivity index (χ1n) is 5.69. The van der Waals surface area contributed by atoms with Crippen LogP contribution in [-0.4, -0.2) is 12.1 Å². The lowest BCUT2D eigenvalue weighted by molar-refractivity contribution is 0.416. The minimum atomic E-state index is -0.240. The van der Waals surface area contributed by atoms with Gasteiger partial charge in [0.25, 0.3) is 0 Å². The Balaban J connectivity index is 2.19. The molecule has 3 aromatic rings. The van der Waals surface area contributed by atoms with Crippen molar-refractivity contribution in [1.82, 2.24) is 4.98 Å². The van der Waals surface area contributed by atoms with Gasteiger partial charge in [-0.1, -0.05) is 12.1 Å². The van der Waals surface area contributed by atoms with Crippen LogP contribution in [-0.2, 0) is 0 Å². The average molecular weight is 241 g/mol. The molecule has 0 aliphatic carbocycles. The lowest BCUT2D eigenvalue weighted by Gasteiger charge is -2.05. The van der Waals surface area contributed by atoms with Gasteiger partial charge in [-0.05, 0) is 36.4 Å². The SMILES string of the molecule is COc1ccccc1-c1cc2ccc(F)cc2[nH]1. The highest BCUT2D eigenvalue weighted by Gasteiger charge is 2.08. The van der Waals surface area contributed by atoms with Gasteiger partial charge in [0.15, 0.2) is 0 Å². The molecule has 0 radical (unpaired) electrons. The topological polar surface area (TPSA) is 25.0 Å². The normalized spacial score (nSPS) is 10.8. The van der Waals surface area contributed by atoms with Gasteiger partial charge < -0.3 is 9.72 Å². The van der Waals surface area contributed by atoms with Gasteiger partial charge in [0.2, 0.25) is 0 Å². The van der Waals surface area contributed by atoms with Crippen LogP contribution in [0.3, 0.4) is 0 Å². The van der Waals surface area contributed by atoms with Gasteiger partial charge in [0.05, 0.1) is 12.8 Å². The number of H-pyrrole nitrogens is 1. The van der Waals surface area contributed by atoms with E-state index in [0.29, 0.717) is 0 Å². The third-order valence-corrected chi connectivity index (χ3v) is 2.98. The second-order valence-electron chi connectivity index (χ2n) is 4.11. The number of para-hydroxylation sites is 1. The van der Waals surface area contributed by atoms with Crippen molar-refractivity contribution in [3.8, 4) is 17.0 Å². The molecule has 90 valence electrons. The first-order valence-corrected chi connectivity index (χ1v) is 5.69. The van der Waals surface area contributed by atoms with Gasteiger partial charge in [-0.2, -0.15) is 0 Å². The third-order valence-electron chi connectivity index (χ3n) is 2.98. The number of methoxy groups -OCH3 is 1. The van der Waals surface area contributed by atoms with Crippen molar-refractivity contribution in [2.24, 2.45) is 0 Å². The van der Waals surface area contributed by atoms with Crippen molar-refractivity contribution in [2.45, 2.75) is 0 Å². The van der Waals surface area contributed by atoms with Gasteiger partial charge in [-0.25, -0.2) is 4.39 Å². The Kier molecular flexibility index (Phi) is 2.52. The summed E-state index contributed by atoms with van der Waals surface area (Å²) >= 11 is 0. The number of fused-ring (bicyclic) bond motifs is 1. The first kappa shape index (κ1) is 10.8. The van der Waals surface area contributed by atoms with E-state index in [9.17, 15) is 4.39 Å². The second kappa shape index (κ2) is 4.18. The van der Waals surface area contributed by atoms with Crippen LogP contribution in [0.2, 0.25) is 0 Å². The summed E-state index contributed by atoms with van der Waals surface area (Å²) in [6.45, 7) is 0. The maximum atomic E-state index is 13.1. The molecule has 18 heavy (non-hydrogen) atoms. The molecule has 1 aromatic heterocycles. The Bertz CT molecular complexity index is 703. The summed E-state index contributed by atoms with van der Waals surface area (Å²) in [6.07, 6.45) is 0. The molecule has 0 aliphatic heterocycles. The largest absolute Gasteiger partial charge is 0.496 e. The van der Waals surface area contributed by atoms with Gasteiger partial charge in [-0.3, -0.25) is 0 Å². The molecule has 1 heterocycles. The fourth-order valence-corrected chi connectivity index (χ4v) is 2.11. The monoisotopic (exact) mass is 241 g/mol. The number of ether oxygens (including phenoxy) is 1. The van der Waals surface area contributed by atoms with E-state index < -0.39 is 0 Å². The fourth-order valence-electron chi connectivity index (χ4n) is 2.11. The molecule has 2 aromatic carbocycles. The molecule has 0 saturated heterocycles. The molecule has 0 amide bonds. The van der Waals surface area contributed by atoms with Crippen molar-refractivity contribution >= 4 is 10.9 Å². The predicted octanol–water partition coefficient (Wildman–Crippen LogP) is 3.98. The molecule has 3 heteroatoms. The van der Waals surface area contributed by atoms with E-state index in [2.05, 4.69) is 4.98 Å². The van der Waals surface area contributed by atoms with Crippen molar-refractivity contribution in [3.63, 3.8) is 0 Å². The van der Waals surface area contributed by atoms with Crippen LogP contribution < -0.4 is 4.74 Å². The first-order chi connectivity index (χ1) is 8.78. The molecule has 0 saturated carbocycles. The zero-order valence-electron chi connectivity index (χ0n) is 9.91. The smallest absolute Gasteiger partial charge is 0.128 e. The van der Waals surface area contributed by atoms with Crippen LogP contribution in [0.25, 0.3) is 22.2 Å². The second-order valence-corrected chi connectivity index (χ2v) is 4.11. The predicted molar refractivity (Wildman–Crippen MR) is 70.2 cm³/mol. The van der Waals surface area contributed by atoms with Crippen molar-refractivity contribution in [1.29, 1.82) is 0 Å². The van der Waals surface area contributed by atoms with E-state index in [0.717, 1.165) is 27.9 Å². The molecule has 0 unspecified atom stereocenters. The summed E-state index contributed by atoms with van der Waals surface area (Å²) in [5, 5.41) is 0.984. The maximum Gasteiger partial charge on any atom is 0.128 e. The van der Waals surface area contributed by atoms with Crippen molar-refractivity contribution in [3.05, 3.63) is 54.3 Å². The Morgan fingerprint density at radius 2 is 1.89 bits per heavy atom. The van der Waals surface area contributed by atoms with E-state index >= 15 is 0 Å². The zero-order valence-corrected chi connectivity index (χ0v) is 9.91. The van der Waals surface area contributed by atoms with E-state index in [4.69, 9.17) is 4.74 Å². The molecule has 3 rings (SSSR count). The number of aromatic nitrogens is 1. The zero-order chi connectivity index (χ0) is 12.5. The number of aromatic amines is 1. The number of nitrogens with one attached hydrogen (secondary N) is 1. The average Bonchev–Trinajstić information content (AvgIpc) is 2.81. The highest BCUT2D eigenvalue weighted by molar-refractivity contribution is 5.87. The summed E-state index contributed by atoms with van der Waals surface area (Å²) in [5.41, 5.74) is 2.68. The summed E-state index contributed by atoms with van der Waals surface area (Å²) in [4.78, 5) is 3.21. The summed E-state index contributed by atoms with van der Waals surface area (Å²) in [6, 6.07) is 14.5. The number of benzene rings is 2. The van der Waals surface area contributed by atoms with E-state index in [1.165, 1.54) is 12.1 Å². The Labute approximate surface area is 104 Å². The quantitative estimate of drug-likeness (QED) is 0.721. The summed E-state index contributed by atoms with van der Waals surface area (Å²) < 4.78 is 18.5. The molecule has 0 atom stereocenters. The van der Waals surface area contributed by atoms with Crippen LogP contribution in [0.5, 0.6) is 5.75 Å². The third kappa shape index (κ3) is 1.74. The molecule has 0 fully saturated rings. The standard InChI is InChI=1S/C15H12FNO/c1-18-15-5-3-2-4-12(15)14-8-10-6-7-11(16)9-13(10)17-14/h2-9,17H,1H3. The summed E-state index contributed by atoms with van der Waals surface area (Å²) in [5.74, 6) is 0.556. The molecule has 1 N–H and O–H groups in total. The number of hydrogen-bond acceptors (Lipinski definition) is 1. The lowest BCUT2D eigenvalue weighted by Crippen LogP contribution is -1.86. The van der Waals surface area contributed by atoms with Gasteiger partial charge in [0.1, 0.15) is 11.6 Å². The molecular weight excluding hydrogens is 229 g/mol. The molecular formula is C15H12FNO. The number of halogens is 1. The van der Waals surface area contributed by atoms with Crippen LogP contribution in [0.15, 0.2) is 48.5 Å². The fraction of sp³-hybridized carbons (Fsp3) is 0.0667. The maximum absolute atomic E-state index is 13.1. The van der Waals surface area contributed by atoms with Crippen LogP contribution in [0, 0.1) is 5.82 Å². The van der Waals surface area contributed by atoms with E-state index in [-0.39, 0.29) is 5.82 Å². The van der Waals surface area contributed by atoms with Crippen LogP contribution in [0.1, 0.15) is 0 Å². The van der Waals surface area contributed by atoms with Gasteiger partial charge in [-0.15, -0.1) is 0 Å². The van der Waals surface area contributed by atoms with E-state index in [1.54, 1.807) is 13.2 Å². The molecule has 0 bridgehead atoms. The number of rotatable bonds is 2. The van der Waals surface area contributed by atoms with Gasteiger partial charge >= 0.3 is 0 Å². The van der Waals surface area contributed by atoms with Crippen LogP contribution >= 0.6 is 0 Å². The molecule has 2 nitrogen and oxygen atoms in total. The summed E-state index contributed by atoms with van der Waals surface area (Å²) in [7, 11) is 1.64. The van der Waals surface area contributed by atoms with Crippen molar-refractivity contribution in [2.75, 3.05) is 7.11 Å².